The number of fused-ring (bicyclic) bond motifs is 1. The van der Waals surface area contributed by atoms with Gasteiger partial charge in [0.05, 0.1) is 11.8 Å². The van der Waals surface area contributed by atoms with E-state index in [1.807, 2.05) is 19.3 Å². The maximum absolute atomic E-state index is 11.4. The van der Waals surface area contributed by atoms with Crippen LogP contribution in [-0.4, -0.2) is 33.1 Å². The van der Waals surface area contributed by atoms with Gasteiger partial charge in [0, 0.05) is 24.9 Å². The van der Waals surface area contributed by atoms with Gasteiger partial charge in [-0.05, 0) is 41.8 Å². The number of aromatic nitrogens is 3. The molecular formula is C15H17BrN4O2. The van der Waals surface area contributed by atoms with Crippen LogP contribution in [-0.2, 0) is 4.79 Å². The second kappa shape index (κ2) is 5.22. The Morgan fingerprint density at radius 2 is 2.32 bits per heavy atom. The summed E-state index contributed by atoms with van der Waals surface area (Å²) in [6, 6.07) is 2.42. The Morgan fingerprint density at radius 1 is 1.50 bits per heavy atom. The number of hydrogen-bond donors (Lipinski definition) is 1. The summed E-state index contributed by atoms with van der Waals surface area (Å²) in [4.78, 5) is 20.4. The Bertz CT molecular complexity index is 740. The fraction of sp³-hybridized carbons (Fsp3) is 0.533. The highest BCUT2D eigenvalue weighted by Crippen LogP contribution is 2.40. The second-order valence-electron chi connectivity index (χ2n) is 6.09. The van der Waals surface area contributed by atoms with E-state index in [1.165, 1.54) is 12.8 Å². The summed E-state index contributed by atoms with van der Waals surface area (Å²) < 4.78 is 9.00. The molecule has 0 radical (unpaired) electrons. The van der Waals surface area contributed by atoms with Crippen LogP contribution < -0.4 is 10.1 Å². The molecule has 7 heteroatoms. The molecule has 1 saturated carbocycles. The number of nitrogens with zero attached hydrogens (tertiary/aromatic N) is 3. The second-order valence-corrected chi connectivity index (χ2v) is 6.90. The van der Waals surface area contributed by atoms with Crippen molar-refractivity contribution < 1.29 is 9.53 Å². The van der Waals surface area contributed by atoms with E-state index in [1.54, 1.807) is 0 Å². The minimum Gasteiger partial charge on any atom is -0.473 e. The van der Waals surface area contributed by atoms with Crippen molar-refractivity contribution in [3.63, 3.8) is 0 Å². The third-order valence-corrected chi connectivity index (χ3v) is 4.81. The predicted octanol–water partition coefficient (Wildman–Crippen LogP) is 2.43. The highest BCUT2D eigenvalue weighted by atomic mass is 79.9. The topological polar surface area (TPSA) is 69.0 Å². The Balaban J connectivity index is 1.67. The number of halogens is 1. The van der Waals surface area contributed by atoms with Gasteiger partial charge in [0.15, 0.2) is 0 Å². The van der Waals surface area contributed by atoms with Gasteiger partial charge in [0.2, 0.25) is 11.8 Å². The van der Waals surface area contributed by atoms with E-state index >= 15 is 0 Å². The standard InChI is InChI=1S/C15H17BrN4O2/c1-8(9-4-13(21)17-6-9)22-15-14-11(5-12(16)19-15)18-7-20(14)10-2-3-10/h5,7-10H,2-4,6H2,1H3,(H,17,21). The van der Waals surface area contributed by atoms with E-state index < -0.39 is 0 Å². The Kier molecular flexibility index (Phi) is 3.32. The number of carbonyl (C=O) groups excluding carboxylic acids is 1. The molecule has 1 saturated heterocycles. The maximum Gasteiger partial charge on any atom is 0.241 e. The van der Waals surface area contributed by atoms with Crippen LogP contribution in [0.3, 0.4) is 0 Å². The summed E-state index contributed by atoms with van der Waals surface area (Å²) in [7, 11) is 0. The van der Waals surface area contributed by atoms with Crippen LogP contribution >= 0.6 is 15.9 Å². The Labute approximate surface area is 136 Å². The van der Waals surface area contributed by atoms with Crippen LogP contribution in [0.15, 0.2) is 17.0 Å². The zero-order valence-corrected chi connectivity index (χ0v) is 13.8. The molecule has 0 spiro atoms. The fourth-order valence-corrected chi connectivity index (χ4v) is 3.32. The van der Waals surface area contributed by atoms with E-state index in [2.05, 4.69) is 35.8 Å². The van der Waals surface area contributed by atoms with Crippen molar-refractivity contribution in [2.75, 3.05) is 6.54 Å². The van der Waals surface area contributed by atoms with E-state index in [0.717, 1.165) is 11.0 Å². The van der Waals surface area contributed by atoms with Gasteiger partial charge in [-0.2, -0.15) is 0 Å². The minimum absolute atomic E-state index is 0.0773. The van der Waals surface area contributed by atoms with Crippen molar-refractivity contribution in [2.45, 2.75) is 38.3 Å². The molecule has 2 aliphatic rings. The normalized spacial score (nSPS) is 22.8. The van der Waals surface area contributed by atoms with Crippen molar-refractivity contribution >= 4 is 32.9 Å². The van der Waals surface area contributed by atoms with Crippen LogP contribution in [0, 0.1) is 5.92 Å². The van der Waals surface area contributed by atoms with Crippen LogP contribution in [0.5, 0.6) is 5.88 Å². The van der Waals surface area contributed by atoms with Crippen molar-refractivity contribution in [3.8, 4) is 5.88 Å². The first-order valence-electron chi connectivity index (χ1n) is 7.58. The molecule has 116 valence electrons. The number of carbonyl (C=O) groups is 1. The fourth-order valence-electron chi connectivity index (χ4n) is 2.94. The van der Waals surface area contributed by atoms with Gasteiger partial charge in [-0.3, -0.25) is 4.79 Å². The van der Waals surface area contributed by atoms with Gasteiger partial charge in [0.1, 0.15) is 16.2 Å². The van der Waals surface area contributed by atoms with Gasteiger partial charge in [0.25, 0.3) is 0 Å². The highest BCUT2D eigenvalue weighted by Gasteiger charge is 2.31. The first kappa shape index (κ1) is 14.0. The SMILES string of the molecule is CC(Oc1nc(Br)cc2ncn(C3CC3)c12)C1CNC(=O)C1. The van der Waals surface area contributed by atoms with E-state index in [0.29, 0.717) is 29.5 Å². The quantitative estimate of drug-likeness (QED) is 0.845. The molecule has 2 fully saturated rings. The van der Waals surface area contributed by atoms with Crippen molar-refractivity contribution in [2.24, 2.45) is 5.92 Å². The number of pyridine rings is 1. The lowest BCUT2D eigenvalue weighted by molar-refractivity contribution is -0.119. The molecule has 1 aliphatic heterocycles. The van der Waals surface area contributed by atoms with E-state index in [-0.39, 0.29) is 17.9 Å². The third-order valence-electron chi connectivity index (χ3n) is 4.40. The summed E-state index contributed by atoms with van der Waals surface area (Å²) in [5.74, 6) is 0.872. The highest BCUT2D eigenvalue weighted by molar-refractivity contribution is 9.10. The van der Waals surface area contributed by atoms with Crippen molar-refractivity contribution in [1.82, 2.24) is 19.9 Å². The monoisotopic (exact) mass is 364 g/mol. The molecular weight excluding hydrogens is 348 g/mol. The van der Waals surface area contributed by atoms with Crippen LogP contribution in [0.25, 0.3) is 11.0 Å². The molecule has 2 atom stereocenters. The molecule has 1 aliphatic carbocycles. The van der Waals surface area contributed by atoms with Crippen LogP contribution in [0.1, 0.15) is 32.2 Å². The summed E-state index contributed by atoms with van der Waals surface area (Å²) in [6.45, 7) is 2.66. The first-order chi connectivity index (χ1) is 10.6. The average molecular weight is 365 g/mol. The Morgan fingerprint density at radius 3 is 3.00 bits per heavy atom. The van der Waals surface area contributed by atoms with Gasteiger partial charge < -0.3 is 14.6 Å². The molecule has 2 unspecified atom stereocenters. The van der Waals surface area contributed by atoms with Crippen LogP contribution in [0.4, 0.5) is 0 Å². The molecule has 1 amide bonds. The van der Waals surface area contributed by atoms with Crippen molar-refractivity contribution in [1.29, 1.82) is 0 Å². The van der Waals surface area contributed by atoms with Crippen LogP contribution in [0.2, 0.25) is 0 Å². The zero-order valence-electron chi connectivity index (χ0n) is 12.3. The zero-order chi connectivity index (χ0) is 15.3. The Hall–Kier alpha value is -1.63. The molecule has 4 rings (SSSR count). The molecule has 0 aromatic carbocycles. The van der Waals surface area contributed by atoms with E-state index in [4.69, 9.17) is 4.74 Å². The lowest BCUT2D eigenvalue weighted by Gasteiger charge is -2.20. The minimum atomic E-state index is -0.0773. The first-order valence-corrected chi connectivity index (χ1v) is 8.37. The third kappa shape index (κ3) is 2.47. The van der Waals surface area contributed by atoms with Gasteiger partial charge in [-0.15, -0.1) is 0 Å². The van der Waals surface area contributed by atoms with Crippen molar-refractivity contribution in [3.05, 3.63) is 17.0 Å². The van der Waals surface area contributed by atoms with Gasteiger partial charge in [-0.1, -0.05) is 0 Å². The number of hydrogen-bond acceptors (Lipinski definition) is 4. The summed E-state index contributed by atoms with van der Waals surface area (Å²) in [5.41, 5.74) is 1.84. The molecule has 22 heavy (non-hydrogen) atoms. The predicted molar refractivity (Wildman–Crippen MR) is 84.7 cm³/mol. The smallest absolute Gasteiger partial charge is 0.241 e. The van der Waals surface area contributed by atoms with E-state index in [9.17, 15) is 4.79 Å². The number of imidazole rings is 1. The summed E-state index contributed by atoms with van der Waals surface area (Å²) in [6.07, 6.45) is 4.66. The lowest BCUT2D eigenvalue weighted by atomic mass is 10.0. The summed E-state index contributed by atoms with van der Waals surface area (Å²) in [5, 5.41) is 2.85. The number of ether oxygens (including phenoxy) is 1. The van der Waals surface area contributed by atoms with Gasteiger partial charge in [-0.25, -0.2) is 9.97 Å². The lowest BCUT2D eigenvalue weighted by Crippen LogP contribution is -2.26. The largest absolute Gasteiger partial charge is 0.473 e. The average Bonchev–Trinajstić information content (AvgIpc) is 3.08. The molecule has 1 N–H and O–H groups in total. The molecule has 6 nitrogen and oxygen atoms in total. The number of nitrogens with one attached hydrogen (secondary N) is 1. The molecule has 0 bridgehead atoms. The van der Waals surface area contributed by atoms with Gasteiger partial charge >= 0.3 is 0 Å². The summed E-state index contributed by atoms with van der Waals surface area (Å²) >= 11 is 3.42. The number of rotatable bonds is 4. The number of amides is 1. The molecule has 2 aromatic heterocycles. The maximum atomic E-state index is 11.4. The molecule has 3 heterocycles. The molecule has 2 aromatic rings.